The number of carbonyl (C=O) groups is 1. The van der Waals surface area contributed by atoms with Crippen molar-refractivity contribution in [3.63, 3.8) is 0 Å². The number of nitrogens with zero attached hydrogens (tertiary/aromatic N) is 1. The Morgan fingerprint density at radius 3 is 2.48 bits per heavy atom. The lowest BCUT2D eigenvalue weighted by Crippen LogP contribution is -2.20. The molecule has 3 rings (SSSR count). The third-order valence-electron chi connectivity index (χ3n) is 3.60. The molecule has 0 atom stereocenters. The van der Waals surface area contributed by atoms with E-state index in [1.54, 1.807) is 18.3 Å². The predicted octanol–water partition coefficient (Wildman–Crippen LogP) is 4.80. The van der Waals surface area contributed by atoms with Gasteiger partial charge in [-0.2, -0.15) is 5.10 Å². The van der Waals surface area contributed by atoms with Crippen molar-refractivity contribution in [2.24, 2.45) is 5.10 Å². The molecule has 0 spiro atoms. The largest absolute Gasteiger partial charge is 0.483 e. The van der Waals surface area contributed by atoms with Gasteiger partial charge in [-0.05, 0) is 36.4 Å². The SMILES string of the molecule is O=C(COc1ccccc1/C=N\Nc1ccccc1Cl)Nc1ccccc1. The van der Waals surface area contributed by atoms with Gasteiger partial charge >= 0.3 is 0 Å². The minimum absolute atomic E-state index is 0.0995. The maximum atomic E-state index is 12.0. The summed E-state index contributed by atoms with van der Waals surface area (Å²) in [6.45, 7) is -0.0995. The first kappa shape index (κ1) is 18.5. The summed E-state index contributed by atoms with van der Waals surface area (Å²) >= 11 is 6.08. The van der Waals surface area contributed by atoms with Crippen molar-refractivity contribution in [2.45, 2.75) is 0 Å². The van der Waals surface area contributed by atoms with E-state index < -0.39 is 0 Å². The van der Waals surface area contributed by atoms with E-state index in [2.05, 4.69) is 15.8 Å². The maximum Gasteiger partial charge on any atom is 0.262 e. The molecule has 0 fully saturated rings. The van der Waals surface area contributed by atoms with E-state index in [4.69, 9.17) is 16.3 Å². The molecule has 0 radical (unpaired) electrons. The molecule has 136 valence electrons. The second-order valence-corrected chi connectivity index (χ2v) is 6.00. The average molecular weight is 380 g/mol. The third-order valence-corrected chi connectivity index (χ3v) is 3.93. The van der Waals surface area contributed by atoms with Crippen LogP contribution in [0.3, 0.4) is 0 Å². The molecule has 0 unspecified atom stereocenters. The first-order chi connectivity index (χ1) is 13.2. The highest BCUT2D eigenvalue weighted by atomic mass is 35.5. The molecular formula is C21H18ClN3O2. The molecular weight excluding hydrogens is 362 g/mol. The molecule has 6 heteroatoms. The number of hydrogen-bond acceptors (Lipinski definition) is 4. The van der Waals surface area contributed by atoms with Gasteiger partial charge in [0.25, 0.3) is 5.91 Å². The van der Waals surface area contributed by atoms with Crippen molar-refractivity contribution in [2.75, 3.05) is 17.3 Å². The van der Waals surface area contributed by atoms with Crippen molar-refractivity contribution in [1.82, 2.24) is 0 Å². The van der Waals surface area contributed by atoms with Crippen molar-refractivity contribution in [1.29, 1.82) is 0 Å². The summed E-state index contributed by atoms with van der Waals surface area (Å²) < 4.78 is 5.64. The molecule has 0 aromatic heterocycles. The number of anilines is 2. The minimum atomic E-state index is -0.234. The zero-order valence-corrected chi connectivity index (χ0v) is 15.2. The van der Waals surface area contributed by atoms with E-state index in [1.165, 1.54) is 0 Å². The van der Waals surface area contributed by atoms with Crippen LogP contribution >= 0.6 is 11.6 Å². The van der Waals surface area contributed by atoms with Gasteiger partial charge in [0.1, 0.15) is 5.75 Å². The van der Waals surface area contributed by atoms with Crippen LogP contribution in [0.5, 0.6) is 5.75 Å². The quantitative estimate of drug-likeness (QED) is 0.457. The lowest BCUT2D eigenvalue weighted by molar-refractivity contribution is -0.118. The molecule has 3 aromatic rings. The number of hydrogen-bond donors (Lipinski definition) is 2. The number of ether oxygens (including phenoxy) is 1. The first-order valence-corrected chi connectivity index (χ1v) is 8.70. The topological polar surface area (TPSA) is 62.7 Å². The molecule has 0 heterocycles. The number of hydrazone groups is 1. The highest BCUT2D eigenvalue weighted by Gasteiger charge is 2.06. The fraction of sp³-hybridized carbons (Fsp3) is 0.0476. The van der Waals surface area contributed by atoms with Crippen molar-refractivity contribution < 1.29 is 9.53 Å². The molecule has 27 heavy (non-hydrogen) atoms. The van der Waals surface area contributed by atoms with Crippen LogP contribution in [0, 0.1) is 0 Å². The fourth-order valence-corrected chi connectivity index (χ4v) is 2.48. The Balaban J connectivity index is 1.59. The predicted molar refractivity (Wildman–Crippen MR) is 110 cm³/mol. The molecule has 0 saturated carbocycles. The average Bonchev–Trinajstić information content (AvgIpc) is 2.69. The normalized spacial score (nSPS) is 10.6. The van der Waals surface area contributed by atoms with E-state index in [0.29, 0.717) is 16.5 Å². The second kappa shape index (κ2) is 9.40. The van der Waals surface area contributed by atoms with Crippen molar-refractivity contribution >= 4 is 35.1 Å². The van der Waals surface area contributed by atoms with Gasteiger partial charge in [-0.25, -0.2) is 0 Å². The summed E-state index contributed by atoms with van der Waals surface area (Å²) in [5.41, 5.74) is 5.06. The second-order valence-electron chi connectivity index (χ2n) is 5.59. The van der Waals surface area contributed by atoms with E-state index in [-0.39, 0.29) is 12.5 Å². The third kappa shape index (κ3) is 5.59. The Bertz CT molecular complexity index is 929. The van der Waals surface area contributed by atoms with E-state index in [9.17, 15) is 4.79 Å². The summed E-state index contributed by atoms with van der Waals surface area (Å²) in [5.74, 6) is 0.326. The summed E-state index contributed by atoms with van der Waals surface area (Å²) in [6, 6.07) is 23.9. The Kier molecular flexibility index (Phi) is 6.44. The van der Waals surface area contributed by atoms with Crippen LogP contribution in [-0.4, -0.2) is 18.7 Å². The lowest BCUT2D eigenvalue weighted by Gasteiger charge is -2.09. The molecule has 2 N–H and O–H groups in total. The van der Waals surface area contributed by atoms with Crippen LogP contribution in [-0.2, 0) is 4.79 Å². The van der Waals surface area contributed by atoms with Crippen molar-refractivity contribution in [3.05, 3.63) is 89.4 Å². The van der Waals surface area contributed by atoms with E-state index in [1.807, 2.05) is 66.7 Å². The van der Waals surface area contributed by atoms with Crippen LogP contribution in [0.2, 0.25) is 5.02 Å². The molecule has 0 aliphatic heterocycles. The molecule has 5 nitrogen and oxygen atoms in total. The maximum absolute atomic E-state index is 12.0. The smallest absolute Gasteiger partial charge is 0.262 e. The fourth-order valence-electron chi connectivity index (χ4n) is 2.30. The summed E-state index contributed by atoms with van der Waals surface area (Å²) in [7, 11) is 0. The Morgan fingerprint density at radius 2 is 1.67 bits per heavy atom. The first-order valence-electron chi connectivity index (χ1n) is 8.33. The van der Waals surface area contributed by atoms with Crippen molar-refractivity contribution in [3.8, 4) is 5.75 Å². The standard InChI is InChI=1S/C21H18ClN3O2/c22-18-11-5-6-12-19(18)25-23-14-16-8-4-7-13-20(16)27-15-21(26)24-17-9-2-1-3-10-17/h1-14,25H,15H2,(H,24,26)/b23-14-. The molecule has 0 aliphatic rings. The van der Waals surface area contributed by atoms with Gasteiger partial charge in [-0.3, -0.25) is 10.2 Å². The molecule has 1 amide bonds. The van der Waals surface area contributed by atoms with Crippen LogP contribution in [0.25, 0.3) is 0 Å². The summed E-state index contributed by atoms with van der Waals surface area (Å²) in [4.78, 5) is 12.0. The monoisotopic (exact) mass is 379 g/mol. The van der Waals surface area contributed by atoms with Gasteiger partial charge in [-0.1, -0.05) is 54.1 Å². The number of halogens is 1. The van der Waals surface area contributed by atoms with E-state index >= 15 is 0 Å². The zero-order valence-electron chi connectivity index (χ0n) is 14.4. The summed E-state index contributed by atoms with van der Waals surface area (Å²) in [5, 5.41) is 7.55. The molecule has 0 bridgehead atoms. The van der Waals surface area contributed by atoms with Gasteiger partial charge in [0.15, 0.2) is 6.61 Å². The molecule has 0 saturated heterocycles. The van der Waals surface area contributed by atoms with Gasteiger partial charge in [-0.15, -0.1) is 0 Å². The molecule has 0 aliphatic carbocycles. The number of para-hydroxylation sites is 3. The van der Waals surface area contributed by atoms with E-state index in [0.717, 1.165) is 11.3 Å². The number of benzene rings is 3. The van der Waals surface area contributed by atoms with Crippen LogP contribution in [0.15, 0.2) is 84.0 Å². The van der Waals surface area contributed by atoms with Gasteiger partial charge < -0.3 is 10.1 Å². The summed E-state index contributed by atoms with van der Waals surface area (Å²) in [6.07, 6.45) is 1.62. The highest BCUT2D eigenvalue weighted by Crippen LogP contribution is 2.21. The minimum Gasteiger partial charge on any atom is -0.483 e. The van der Waals surface area contributed by atoms with Gasteiger partial charge in [0, 0.05) is 11.3 Å². The highest BCUT2D eigenvalue weighted by molar-refractivity contribution is 6.33. The van der Waals surface area contributed by atoms with Gasteiger partial charge in [0.2, 0.25) is 0 Å². The Labute approximate surface area is 162 Å². The number of amides is 1. The van der Waals surface area contributed by atoms with Crippen LogP contribution < -0.4 is 15.5 Å². The van der Waals surface area contributed by atoms with Crippen LogP contribution in [0.4, 0.5) is 11.4 Å². The Morgan fingerprint density at radius 1 is 0.963 bits per heavy atom. The lowest BCUT2D eigenvalue weighted by atomic mass is 10.2. The van der Waals surface area contributed by atoms with Crippen LogP contribution in [0.1, 0.15) is 5.56 Å². The molecule has 3 aromatic carbocycles. The number of rotatable bonds is 7. The Hall–Kier alpha value is -3.31. The number of nitrogens with one attached hydrogen (secondary N) is 2. The zero-order chi connectivity index (χ0) is 18.9. The van der Waals surface area contributed by atoms with Gasteiger partial charge in [0.05, 0.1) is 16.9 Å². The number of carbonyl (C=O) groups excluding carboxylic acids is 1.